The van der Waals surface area contributed by atoms with Crippen LogP contribution < -0.4 is 9.88 Å². The van der Waals surface area contributed by atoms with Crippen molar-refractivity contribution in [2.45, 2.75) is 24.2 Å². The van der Waals surface area contributed by atoms with E-state index in [9.17, 15) is 8.42 Å². The van der Waals surface area contributed by atoms with Crippen LogP contribution in [0.2, 0.25) is 5.02 Å². The Balaban J connectivity index is 2.04. The van der Waals surface area contributed by atoms with Gasteiger partial charge in [-0.2, -0.15) is 0 Å². The average Bonchev–Trinajstić information content (AvgIpc) is 3.04. The number of benzene rings is 2. The highest BCUT2D eigenvalue weighted by molar-refractivity contribution is 7.89. The van der Waals surface area contributed by atoms with Crippen LogP contribution in [-0.2, 0) is 10.0 Å². The lowest BCUT2D eigenvalue weighted by atomic mass is 9.97. The molecule has 0 heterocycles. The number of hydrogen-bond donors (Lipinski definition) is 1. The van der Waals surface area contributed by atoms with Gasteiger partial charge >= 0.3 is 0 Å². The van der Waals surface area contributed by atoms with E-state index in [-0.39, 0.29) is 4.90 Å². The van der Waals surface area contributed by atoms with E-state index in [2.05, 4.69) is 0 Å². The van der Waals surface area contributed by atoms with E-state index in [1.165, 1.54) is 11.1 Å². The molecule has 0 aromatic heterocycles. The highest BCUT2D eigenvalue weighted by atomic mass is 35.5. The maximum absolute atomic E-state index is 11.4. The van der Waals surface area contributed by atoms with Gasteiger partial charge in [0.1, 0.15) is 5.75 Å². The normalized spacial score (nSPS) is 15.0. The smallest absolute Gasteiger partial charge is 0.238 e. The van der Waals surface area contributed by atoms with Gasteiger partial charge in [0.15, 0.2) is 0 Å². The van der Waals surface area contributed by atoms with Gasteiger partial charge in [0.25, 0.3) is 0 Å². The Morgan fingerprint density at radius 2 is 1.58 bits per heavy atom. The van der Waals surface area contributed by atoms with Crippen molar-refractivity contribution in [1.29, 1.82) is 0 Å². The number of hydrogen-bond acceptors (Lipinski definition) is 3. The van der Waals surface area contributed by atoms with Crippen LogP contribution in [0.25, 0.3) is 11.1 Å². The van der Waals surface area contributed by atoms with Gasteiger partial charge < -0.3 is 4.74 Å². The second-order valence-electron chi connectivity index (χ2n) is 5.73. The highest BCUT2D eigenvalue weighted by Gasteiger charge is 2.19. The number of nitrogens with two attached hydrogens (primary N) is 1. The predicted octanol–water partition coefficient (Wildman–Crippen LogP) is 4.09. The van der Waals surface area contributed by atoms with E-state index >= 15 is 0 Å². The van der Waals surface area contributed by atoms with Crippen molar-refractivity contribution in [3.05, 3.63) is 58.6 Å². The molecule has 4 nitrogen and oxygen atoms in total. The topological polar surface area (TPSA) is 69.4 Å². The third-order valence-electron chi connectivity index (χ3n) is 4.25. The van der Waals surface area contributed by atoms with Crippen LogP contribution in [0.5, 0.6) is 5.75 Å². The Bertz CT molecular complexity index is 902. The lowest BCUT2D eigenvalue weighted by molar-refractivity contribution is 0.415. The van der Waals surface area contributed by atoms with Gasteiger partial charge in [-0.1, -0.05) is 29.8 Å². The fourth-order valence-corrected chi connectivity index (χ4v) is 3.78. The van der Waals surface area contributed by atoms with Gasteiger partial charge in [-0.05, 0) is 65.8 Å². The van der Waals surface area contributed by atoms with E-state index in [1.807, 2.05) is 30.3 Å². The quantitative estimate of drug-likeness (QED) is 0.889. The molecule has 0 amide bonds. The number of rotatable bonds is 4. The molecular formula is C18H18ClNO3S. The first-order valence-corrected chi connectivity index (χ1v) is 9.52. The van der Waals surface area contributed by atoms with E-state index in [4.69, 9.17) is 21.5 Å². The Labute approximate surface area is 147 Å². The molecule has 0 bridgehead atoms. The van der Waals surface area contributed by atoms with Crippen molar-refractivity contribution in [3.63, 3.8) is 0 Å². The predicted molar refractivity (Wildman–Crippen MR) is 96.5 cm³/mol. The Hall–Kier alpha value is -1.82. The second-order valence-corrected chi connectivity index (χ2v) is 7.70. The minimum absolute atomic E-state index is 0.125. The summed E-state index contributed by atoms with van der Waals surface area (Å²) in [5, 5.41) is 5.74. The summed E-state index contributed by atoms with van der Waals surface area (Å²) in [5.41, 5.74) is 4.57. The summed E-state index contributed by atoms with van der Waals surface area (Å²) in [6.07, 6.45) is 2.98. The number of primary sulfonamides is 1. The lowest BCUT2D eigenvalue weighted by Gasteiger charge is -2.11. The molecule has 0 saturated heterocycles. The molecule has 0 aliphatic heterocycles. The van der Waals surface area contributed by atoms with Crippen molar-refractivity contribution in [3.8, 4) is 5.75 Å². The van der Waals surface area contributed by atoms with E-state index in [0.717, 1.165) is 30.4 Å². The van der Waals surface area contributed by atoms with Crippen molar-refractivity contribution >= 4 is 32.8 Å². The zero-order valence-corrected chi connectivity index (χ0v) is 14.8. The summed E-state index contributed by atoms with van der Waals surface area (Å²) in [4.78, 5) is 0.125. The molecule has 24 heavy (non-hydrogen) atoms. The molecule has 0 spiro atoms. The van der Waals surface area contributed by atoms with Gasteiger partial charge in [-0.25, -0.2) is 13.6 Å². The van der Waals surface area contributed by atoms with Gasteiger partial charge in [0.05, 0.1) is 17.0 Å². The number of allylic oxidation sites excluding steroid dienone is 2. The summed E-state index contributed by atoms with van der Waals surface area (Å²) in [5.74, 6) is 0.650. The summed E-state index contributed by atoms with van der Waals surface area (Å²) in [7, 11) is -2.07. The van der Waals surface area contributed by atoms with Crippen LogP contribution in [0.4, 0.5) is 0 Å². The monoisotopic (exact) mass is 363 g/mol. The zero-order valence-electron chi connectivity index (χ0n) is 13.3. The molecule has 0 unspecified atom stereocenters. The molecule has 2 aromatic rings. The van der Waals surface area contributed by atoms with Crippen LogP contribution >= 0.6 is 11.6 Å². The molecule has 0 saturated carbocycles. The Morgan fingerprint density at radius 3 is 2.17 bits per heavy atom. The van der Waals surface area contributed by atoms with Gasteiger partial charge in [-0.15, -0.1) is 0 Å². The maximum Gasteiger partial charge on any atom is 0.238 e. The molecule has 6 heteroatoms. The largest absolute Gasteiger partial charge is 0.495 e. The number of methoxy groups -OCH3 is 1. The highest BCUT2D eigenvalue weighted by Crippen LogP contribution is 2.41. The minimum Gasteiger partial charge on any atom is -0.495 e. The van der Waals surface area contributed by atoms with Crippen molar-refractivity contribution in [1.82, 2.24) is 0 Å². The number of sulfonamides is 1. The molecule has 126 valence electrons. The summed E-state index contributed by atoms with van der Waals surface area (Å²) < 4.78 is 28.1. The minimum atomic E-state index is -3.67. The molecule has 1 aliphatic rings. The number of halogens is 1. The molecular weight excluding hydrogens is 346 g/mol. The van der Waals surface area contributed by atoms with Gasteiger partial charge in [0, 0.05) is 0 Å². The molecule has 3 rings (SSSR count). The number of ether oxygens (including phenoxy) is 1. The van der Waals surface area contributed by atoms with Crippen molar-refractivity contribution in [2.24, 2.45) is 5.14 Å². The zero-order chi connectivity index (χ0) is 17.3. The van der Waals surface area contributed by atoms with Crippen LogP contribution in [0.15, 0.2) is 47.4 Å². The first-order valence-electron chi connectivity index (χ1n) is 7.59. The molecule has 1 aliphatic carbocycles. The first kappa shape index (κ1) is 17.0. The summed E-state index contributed by atoms with van der Waals surface area (Å²) in [6.45, 7) is 0. The van der Waals surface area contributed by atoms with E-state index in [1.54, 1.807) is 19.2 Å². The average molecular weight is 364 g/mol. The molecule has 2 aromatic carbocycles. The molecule has 0 fully saturated rings. The van der Waals surface area contributed by atoms with Crippen molar-refractivity contribution < 1.29 is 13.2 Å². The molecule has 2 N–H and O–H groups in total. The Kier molecular flexibility index (Phi) is 4.67. The maximum atomic E-state index is 11.4. The summed E-state index contributed by atoms with van der Waals surface area (Å²) in [6, 6.07) is 12.5. The third-order valence-corrected chi connectivity index (χ3v) is 5.49. The fourth-order valence-electron chi connectivity index (χ4n) is 3.07. The molecule has 0 radical (unpaired) electrons. The first-order chi connectivity index (χ1) is 11.4. The standard InChI is InChI=1S/C18H18ClNO3S/c1-23-18-11-13(7-10-17(18)19)16-4-2-3-15(16)12-5-8-14(9-6-12)24(20,21)22/h5-11H,2-4H2,1H3,(H2,20,21,22). The lowest BCUT2D eigenvalue weighted by Crippen LogP contribution is -2.11. The van der Waals surface area contributed by atoms with Crippen LogP contribution in [-0.4, -0.2) is 15.5 Å². The van der Waals surface area contributed by atoms with Gasteiger partial charge in [0.2, 0.25) is 10.0 Å². The van der Waals surface area contributed by atoms with Crippen LogP contribution in [0, 0.1) is 0 Å². The fraction of sp³-hybridized carbons (Fsp3) is 0.222. The van der Waals surface area contributed by atoms with Crippen LogP contribution in [0.1, 0.15) is 30.4 Å². The summed E-state index contributed by atoms with van der Waals surface area (Å²) >= 11 is 6.11. The third kappa shape index (κ3) is 3.34. The van der Waals surface area contributed by atoms with Crippen molar-refractivity contribution in [2.75, 3.05) is 7.11 Å². The van der Waals surface area contributed by atoms with E-state index < -0.39 is 10.0 Å². The van der Waals surface area contributed by atoms with E-state index in [0.29, 0.717) is 10.8 Å². The molecule has 0 atom stereocenters. The van der Waals surface area contributed by atoms with Gasteiger partial charge in [-0.3, -0.25) is 0 Å². The SMILES string of the molecule is COc1cc(C2=C(c3ccc(S(N)(=O)=O)cc3)CCC2)ccc1Cl. The Morgan fingerprint density at radius 1 is 1.00 bits per heavy atom. The second kappa shape index (κ2) is 6.59. The van der Waals surface area contributed by atoms with Crippen LogP contribution in [0.3, 0.4) is 0 Å².